The monoisotopic (exact) mass is 727 g/mol. The molecule has 0 aromatic heterocycles. The van der Waals surface area contributed by atoms with Gasteiger partial charge >= 0.3 is 6.09 Å². The van der Waals surface area contributed by atoms with Gasteiger partial charge in [-0.25, -0.2) is 4.79 Å². The molecule has 0 aliphatic carbocycles. The molecular weight excluding hydrogens is 662 g/mol. The Balaban J connectivity index is 5.91. The van der Waals surface area contributed by atoms with E-state index in [1.165, 1.54) is 51.8 Å². The van der Waals surface area contributed by atoms with Crippen LogP contribution in [0.2, 0.25) is 0 Å². The van der Waals surface area contributed by atoms with Crippen LogP contribution in [-0.4, -0.2) is 138 Å². The van der Waals surface area contributed by atoms with Crippen molar-refractivity contribution < 1.29 is 43.4 Å². The van der Waals surface area contributed by atoms with Crippen molar-refractivity contribution in [3.05, 3.63) is 0 Å². The van der Waals surface area contributed by atoms with E-state index in [0.717, 1.165) is 4.90 Å². The lowest BCUT2D eigenvalue weighted by atomic mass is 9.98. The zero-order valence-corrected chi connectivity index (χ0v) is 33.4. The Morgan fingerprint density at radius 3 is 1.45 bits per heavy atom. The van der Waals surface area contributed by atoms with Crippen molar-refractivity contribution in [2.24, 2.45) is 17.8 Å². The van der Waals surface area contributed by atoms with Gasteiger partial charge in [-0.1, -0.05) is 41.5 Å². The van der Waals surface area contributed by atoms with Gasteiger partial charge in [0.05, 0.1) is 6.61 Å². The average Bonchev–Trinajstić information content (AvgIpc) is 3.02. The molecule has 0 aromatic carbocycles. The van der Waals surface area contributed by atoms with Gasteiger partial charge in [0, 0.05) is 28.2 Å². The summed E-state index contributed by atoms with van der Waals surface area (Å²) >= 11 is 0. The lowest BCUT2D eigenvalue weighted by molar-refractivity contribution is -0.145. The number of rotatable bonds is 18. The van der Waals surface area contributed by atoms with Crippen molar-refractivity contribution in [2.75, 3.05) is 34.8 Å². The summed E-state index contributed by atoms with van der Waals surface area (Å²) in [7, 11) is 5.71. The van der Waals surface area contributed by atoms with E-state index in [4.69, 9.17) is 4.74 Å². The van der Waals surface area contributed by atoms with Gasteiger partial charge in [-0.2, -0.15) is 0 Å². The molecule has 294 valence electrons. The fourth-order valence-electron chi connectivity index (χ4n) is 5.15. The standard InChI is InChI=1S/C35H65N7O9/c1-19(2)16-24(29(45)36-12)40(13)32(48)23(8)38-28(44)22(7)37-30(46)25(17-20(3)4)41(14)33(49)27(21(5)6)39-31(47)26(18-43)42(15)34(50)51-35(9,10)11/h19-27,43H,16-18H2,1-15H3,(H,36,45)(H,37,46)(H,38,44)(H,39,47)/t22-,23+,24+,25+,26+,27+/m1/s1. The number of aliphatic hydroxyl groups excluding tert-OH is 1. The van der Waals surface area contributed by atoms with Crippen LogP contribution in [-0.2, 0) is 33.5 Å². The summed E-state index contributed by atoms with van der Waals surface area (Å²) in [5.41, 5.74) is -0.845. The van der Waals surface area contributed by atoms with E-state index < -0.39 is 90.0 Å². The number of nitrogens with zero attached hydrogens (tertiary/aromatic N) is 3. The minimum atomic E-state index is -1.35. The predicted octanol–water partition coefficient (Wildman–Crippen LogP) is 0.857. The van der Waals surface area contributed by atoms with Crippen molar-refractivity contribution >= 4 is 41.5 Å². The molecule has 16 nitrogen and oxygen atoms in total. The maximum absolute atomic E-state index is 13.9. The van der Waals surface area contributed by atoms with Crippen LogP contribution in [0, 0.1) is 17.8 Å². The second kappa shape index (κ2) is 20.8. The molecule has 0 aliphatic rings. The maximum atomic E-state index is 13.9. The maximum Gasteiger partial charge on any atom is 0.410 e. The molecule has 7 amide bonds. The largest absolute Gasteiger partial charge is 0.444 e. The molecule has 0 unspecified atom stereocenters. The first kappa shape index (κ1) is 47.0. The van der Waals surface area contributed by atoms with Crippen LogP contribution in [0.15, 0.2) is 0 Å². The number of hydrogen-bond acceptors (Lipinski definition) is 9. The summed E-state index contributed by atoms with van der Waals surface area (Å²) in [4.78, 5) is 95.6. The van der Waals surface area contributed by atoms with Gasteiger partial charge in [0.15, 0.2) is 0 Å². The van der Waals surface area contributed by atoms with Crippen molar-refractivity contribution in [3.63, 3.8) is 0 Å². The zero-order valence-electron chi connectivity index (χ0n) is 33.4. The molecule has 0 radical (unpaired) electrons. The molecule has 0 rings (SSSR count). The average molecular weight is 728 g/mol. The number of hydrogen-bond donors (Lipinski definition) is 5. The lowest BCUT2D eigenvalue weighted by Gasteiger charge is -2.35. The minimum absolute atomic E-state index is 0.0549. The summed E-state index contributed by atoms with van der Waals surface area (Å²) in [6.07, 6.45) is -0.193. The van der Waals surface area contributed by atoms with Gasteiger partial charge in [-0.15, -0.1) is 0 Å². The summed E-state index contributed by atoms with van der Waals surface area (Å²) < 4.78 is 5.31. The molecule has 0 aliphatic heterocycles. The first-order valence-electron chi connectivity index (χ1n) is 17.5. The van der Waals surface area contributed by atoms with Gasteiger partial charge in [0.2, 0.25) is 35.4 Å². The van der Waals surface area contributed by atoms with Crippen LogP contribution in [0.1, 0.15) is 89.0 Å². The van der Waals surface area contributed by atoms with E-state index >= 15 is 0 Å². The second-order valence-electron chi connectivity index (χ2n) is 15.3. The zero-order chi connectivity index (χ0) is 40.1. The van der Waals surface area contributed by atoms with E-state index in [-0.39, 0.29) is 24.2 Å². The molecule has 0 saturated heterocycles. The molecule has 0 aromatic rings. The number of amides is 7. The van der Waals surface area contributed by atoms with Gasteiger partial charge in [-0.05, 0) is 65.2 Å². The number of likely N-dealkylation sites (N-methyl/N-ethyl adjacent to an activating group) is 4. The second-order valence-corrected chi connectivity index (χ2v) is 15.3. The minimum Gasteiger partial charge on any atom is -0.444 e. The fourth-order valence-corrected chi connectivity index (χ4v) is 5.15. The molecule has 0 saturated carbocycles. The number of carbonyl (C=O) groups excluding carboxylic acids is 7. The lowest BCUT2D eigenvalue weighted by Crippen LogP contribution is -2.60. The summed E-state index contributed by atoms with van der Waals surface area (Å²) in [5.74, 6) is -3.85. The molecule has 0 bridgehead atoms. The highest BCUT2D eigenvalue weighted by atomic mass is 16.6. The molecule has 0 spiro atoms. The number of aliphatic hydroxyl groups is 1. The fraction of sp³-hybridized carbons (Fsp3) is 0.800. The molecule has 5 N–H and O–H groups in total. The van der Waals surface area contributed by atoms with Crippen molar-refractivity contribution in [1.82, 2.24) is 36.0 Å². The van der Waals surface area contributed by atoms with Crippen molar-refractivity contribution in [1.29, 1.82) is 0 Å². The van der Waals surface area contributed by atoms with Crippen molar-refractivity contribution in [3.8, 4) is 0 Å². The van der Waals surface area contributed by atoms with Gasteiger partial charge in [0.1, 0.15) is 41.9 Å². The normalized spacial score (nSPS) is 15.1. The van der Waals surface area contributed by atoms with E-state index in [1.807, 2.05) is 27.7 Å². The van der Waals surface area contributed by atoms with Crippen LogP contribution in [0.5, 0.6) is 0 Å². The summed E-state index contributed by atoms with van der Waals surface area (Å²) in [5, 5.41) is 20.4. The molecular formula is C35H65N7O9. The van der Waals surface area contributed by atoms with Gasteiger partial charge in [0.25, 0.3) is 0 Å². The summed E-state index contributed by atoms with van der Waals surface area (Å²) in [6.45, 7) is 18.2. The molecule has 0 fully saturated rings. The topological polar surface area (TPSA) is 207 Å². The highest BCUT2D eigenvalue weighted by Crippen LogP contribution is 2.17. The SMILES string of the molecule is CNC(=O)[C@H](CC(C)C)N(C)C(=O)[C@H](C)NC(=O)[C@@H](C)NC(=O)[C@H](CC(C)C)N(C)C(=O)[C@@H](NC(=O)[C@H](CO)N(C)C(=O)OC(C)(C)C)C(C)C. The van der Waals surface area contributed by atoms with Crippen LogP contribution < -0.4 is 21.3 Å². The Kier molecular flexibility index (Phi) is 19.2. The van der Waals surface area contributed by atoms with Gasteiger partial charge < -0.3 is 40.9 Å². The summed E-state index contributed by atoms with van der Waals surface area (Å²) in [6, 6.07) is -6.38. The Bertz CT molecular complexity index is 1220. The third-order valence-corrected chi connectivity index (χ3v) is 8.21. The number of ether oxygens (including phenoxy) is 1. The molecule has 16 heteroatoms. The first-order valence-corrected chi connectivity index (χ1v) is 17.5. The molecule has 0 heterocycles. The van der Waals surface area contributed by atoms with Crippen LogP contribution in [0.25, 0.3) is 0 Å². The first-order chi connectivity index (χ1) is 23.3. The van der Waals surface area contributed by atoms with Crippen LogP contribution in [0.3, 0.4) is 0 Å². The quantitative estimate of drug-likeness (QED) is 0.136. The highest BCUT2D eigenvalue weighted by molar-refractivity contribution is 5.96. The van der Waals surface area contributed by atoms with E-state index in [1.54, 1.807) is 34.6 Å². The van der Waals surface area contributed by atoms with E-state index in [0.29, 0.717) is 6.42 Å². The molecule has 51 heavy (non-hydrogen) atoms. The Morgan fingerprint density at radius 1 is 0.608 bits per heavy atom. The smallest absolute Gasteiger partial charge is 0.410 e. The van der Waals surface area contributed by atoms with Crippen molar-refractivity contribution in [2.45, 2.75) is 131 Å². The van der Waals surface area contributed by atoms with Gasteiger partial charge in [-0.3, -0.25) is 33.7 Å². The van der Waals surface area contributed by atoms with E-state index in [9.17, 15) is 38.7 Å². The Morgan fingerprint density at radius 2 is 1.04 bits per heavy atom. The highest BCUT2D eigenvalue weighted by Gasteiger charge is 2.38. The number of nitrogens with one attached hydrogen (secondary N) is 4. The van der Waals surface area contributed by atoms with Crippen LogP contribution >= 0.6 is 0 Å². The number of carbonyl (C=O) groups is 7. The van der Waals surface area contributed by atoms with E-state index in [2.05, 4.69) is 21.3 Å². The predicted molar refractivity (Wildman–Crippen MR) is 193 cm³/mol. The Labute approximate surface area is 304 Å². The third-order valence-electron chi connectivity index (χ3n) is 8.21. The Hall–Kier alpha value is -3.95. The molecule has 6 atom stereocenters. The van der Waals surface area contributed by atoms with Crippen LogP contribution in [0.4, 0.5) is 4.79 Å². The third kappa shape index (κ3) is 15.1.